The van der Waals surface area contributed by atoms with Gasteiger partial charge in [-0.1, -0.05) is 51.4 Å². The van der Waals surface area contributed by atoms with E-state index in [4.69, 9.17) is 4.55 Å². The lowest BCUT2D eigenvalue weighted by molar-refractivity contribution is -0.142. The molecule has 0 radical (unpaired) electrons. The molecule has 0 aromatic heterocycles. The van der Waals surface area contributed by atoms with Crippen LogP contribution in [0.3, 0.4) is 0 Å². The van der Waals surface area contributed by atoms with Gasteiger partial charge < -0.3 is 5.11 Å². The summed E-state index contributed by atoms with van der Waals surface area (Å²) >= 11 is 0. The van der Waals surface area contributed by atoms with Crippen LogP contribution in [0.15, 0.2) is 0 Å². The van der Waals surface area contributed by atoms with Gasteiger partial charge in [-0.25, -0.2) is 0 Å². The van der Waals surface area contributed by atoms with Crippen molar-refractivity contribution in [3.63, 3.8) is 0 Å². The lowest BCUT2D eigenvalue weighted by Gasteiger charge is -2.20. The van der Waals surface area contributed by atoms with Crippen LogP contribution in [0.2, 0.25) is 0 Å². The minimum Gasteiger partial charge on any atom is -0.481 e. The number of aliphatic carboxylic acids is 1. The largest absolute Gasteiger partial charge is 0.481 e. The zero-order valence-corrected chi connectivity index (χ0v) is 12.8. The van der Waals surface area contributed by atoms with E-state index in [0.29, 0.717) is 12.3 Å². The molecule has 1 unspecified atom stereocenters. The fourth-order valence-corrected chi connectivity index (χ4v) is 3.57. The fraction of sp³-hybridized carbons (Fsp3) is 0.929. The molecule has 6 heteroatoms. The first-order valence-electron chi connectivity index (χ1n) is 7.56. The molecule has 1 aliphatic rings. The first-order valence-corrected chi connectivity index (χ1v) is 9.17. The van der Waals surface area contributed by atoms with E-state index in [1.54, 1.807) is 0 Å². The molecule has 5 nitrogen and oxygen atoms in total. The van der Waals surface area contributed by atoms with E-state index in [1.807, 2.05) is 0 Å². The predicted molar refractivity (Wildman–Crippen MR) is 77.2 cm³/mol. The van der Waals surface area contributed by atoms with Gasteiger partial charge in [-0.2, -0.15) is 8.42 Å². The van der Waals surface area contributed by atoms with Gasteiger partial charge in [0.1, 0.15) is 0 Å². The van der Waals surface area contributed by atoms with E-state index < -0.39 is 27.8 Å². The Bertz CT molecular complexity index is 380. The van der Waals surface area contributed by atoms with Crippen LogP contribution in [0.5, 0.6) is 0 Å². The molecular weight excluding hydrogens is 280 g/mol. The molecule has 0 aromatic rings. The highest BCUT2D eigenvalue weighted by Gasteiger charge is 2.24. The van der Waals surface area contributed by atoms with E-state index >= 15 is 0 Å². The number of rotatable bonds is 6. The van der Waals surface area contributed by atoms with Crippen molar-refractivity contribution in [2.24, 2.45) is 11.8 Å². The quantitative estimate of drug-likeness (QED) is 0.736. The SMILES string of the molecule is O=C(O)C(CCS(=O)(=O)O)CC1CCCCCCCC1. The molecule has 0 spiro atoms. The molecule has 0 heterocycles. The number of carboxylic acids is 1. The topological polar surface area (TPSA) is 91.7 Å². The van der Waals surface area contributed by atoms with Crippen LogP contribution in [0.1, 0.15) is 64.2 Å². The molecule has 20 heavy (non-hydrogen) atoms. The van der Waals surface area contributed by atoms with Crippen LogP contribution in [-0.4, -0.2) is 29.8 Å². The summed E-state index contributed by atoms with van der Waals surface area (Å²) in [7, 11) is -4.08. The number of carbonyl (C=O) groups is 1. The standard InChI is InChI=1S/C14H26O5S/c15-14(16)13(9-10-20(17,18)19)11-12-7-5-3-1-2-4-6-8-12/h12-13H,1-11H2,(H,15,16)(H,17,18,19). The smallest absolute Gasteiger partial charge is 0.306 e. The van der Waals surface area contributed by atoms with Crippen LogP contribution in [0.25, 0.3) is 0 Å². The van der Waals surface area contributed by atoms with Gasteiger partial charge in [-0.05, 0) is 18.8 Å². The van der Waals surface area contributed by atoms with Crippen molar-refractivity contribution in [3.8, 4) is 0 Å². The Hall–Kier alpha value is -0.620. The maximum atomic E-state index is 11.2. The second-order valence-corrected chi connectivity index (χ2v) is 7.48. The summed E-state index contributed by atoms with van der Waals surface area (Å²) in [5.41, 5.74) is 0. The van der Waals surface area contributed by atoms with Gasteiger partial charge in [0.25, 0.3) is 10.1 Å². The Balaban J connectivity index is 2.51. The van der Waals surface area contributed by atoms with Gasteiger partial charge in [0.15, 0.2) is 0 Å². The van der Waals surface area contributed by atoms with Crippen molar-refractivity contribution in [2.45, 2.75) is 64.2 Å². The van der Waals surface area contributed by atoms with Crippen LogP contribution >= 0.6 is 0 Å². The van der Waals surface area contributed by atoms with Crippen molar-refractivity contribution in [1.29, 1.82) is 0 Å². The Morgan fingerprint density at radius 2 is 1.55 bits per heavy atom. The Morgan fingerprint density at radius 1 is 1.05 bits per heavy atom. The molecule has 118 valence electrons. The first-order chi connectivity index (χ1) is 9.38. The third-order valence-electron chi connectivity index (χ3n) is 4.17. The van der Waals surface area contributed by atoms with E-state index in [9.17, 15) is 18.3 Å². The summed E-state index contributed by atoms with van der Waals surface area (Å²) in [5, 5.41) is 9.21. The molecule has 0 bridgehead atoms. The van der Waals surface area contributed by atoms with E-state index in [1.165, 1.54) is 25.7 Å². The molecule has 1 fully saturated rings. The van der Waals surface area contributed by atoms with Crippen LogP contribution in [0, 0.1) is 11.8 Å². The Morgan fingerprint density at radius 3 is 2.00 bits per heavy atom. The average molecular weight is 306 g/mol. The maximum absolute atomic E-state index is 11.2. The van der Waals surface area contributed by atoms with Crippen molar-refractivity contribution in [1.82, 2.24) is 0 Å². The third-order valence-corrected chi connectivity index (χ3v) is 4.92. The number of carboxylic acid groups (broad SMARTS) is 1. The molecule has 1 saturated carbocycles. The molecule has 1 rings (SSSR count). The zero-order chi connectivity index (χ0) is 15.0. The first kappa shape index (κ1) is 17.4. The van der Waals surface area contributed by atoms with Gasteiger partial charge in [-0.15, -0.1) is 0 Å². The number of hydrogen-bond donors (Lipinski definition) is 2. The summed E-state index contributed by atoms with van der Waals surface area (Å²) in [4.78, 5) is 11.2. The second-order valence-electron chi connectivity index (χ2n) is 5.91. The molecule has 1 aliphatic carbocycles. The predicted octanol–water partition coefficient (Wildman–Crippen LogP) is 3.11. The normalized spacial score (nSPS) is 20.6. The van der Waals surface area contributed by atoms with Gasteiger partial charge in [0, 0.05) is 0 Å². The summed E-state index contributed by atoms with van der Waals surface area (Å²) in [5.74, 6) is -1.71. The zero-order valence-electron chi connectivity index (χ0n) is 12.0. The summed E-state index contributed by atoms with van der Waals surface area (Å²) in [6.45, 7) is 0. The monoisotopic (exact) mass is 306 g/mol. The minimum atomic E-state index is -4.08. The molecular formula is C14H26O5S. The average Bonchev–Trinajstić information content (AvgIpc) is 2.46. The molecule has 0 amide bonds. The summed E-state index contributed by atoms with van der Waals surface area (Å²) in [6.07, 6.45) is 9.82. The molecule has 0 aromatic carbocycles. The lowest BCUT2D eigenvalue weighted by atomic mass is 9.86. The van der Waals surface area contributed by atoms with E-state index in [2.05, 4.69) is 0 Å². The summed E-state index contributed by atoms with van der Waals surface area (Å²) in [6, 6.07) is 0. The van der Waals surface area contributed by atoms with Crippen molar-refractivity contribution >= 4 is 16.1 Å². The highest BCUT2D eigenvalue weighted by atomic mass is 32.2. The molecule has 0 aliphatic heterocycles. The highest BCUT2D eigenvalue weighted by molar-refractivity contribution is 7.85. The van der Waals surface area contributed by atoms with Crippen molar-refractivity contribution < 1.29 is 22.9 Å². The molecule has 2 N–H and O–H groups in total. The minimum absolute atomic E-state index is 0.00463. The van der Waals surface area contributed by atoms with Gasteiger partial charge in [0.05, 0.1) is 11.7 Å². The number of hydrogen-bond acceptors (Lipinski definition) is 3. The maximum Gasteiger partial charge on any atom is 0.306 e. The van der Waals surface area contributed by atoms with Crippen molar-refractivity contribution in [3.05, 3.63) is 0 Å². The Labute approximate surface area is 121 Å². The van der Waals surface area contributed by atoms with E-state index in [0.717, 1.165) is 25.7 Å². The molecule has 0 saturated heterocycles. The van der Waals surface area contributed by atoms with Crippen LogP contribution < -0.4 is 0 Å². The second kappa shape index (κ2) is 8.62. The highest BCUT2D eigenvalue weighted by Crippen LogP contribution is 2.28. The van der Waals surface area contributed by atoms with Gasteiger partial charge in [-0.3, -0.25) is 9.35 Å². The van der Waals surface area contributed by atoms with Crippen LogP contribution in [-0.2, 0) is 14.9 Å². The van der Waals surface area contributed by atoms with Gasteiger partial charge >= 0.3 is 5.97 Å². The molecule has 1 atom stereocenters. The fourth-order valence-electron chi connectivity index (χ4n) is 2.99. The van der Waals surface area contributed by atoms with Crippen molar-refractivity contribution in [2.75, 3.05) is 5.75 Å². The third kappa shape index (κ3) is 7.85. The lowest BCUT2D eigenvalue weighted by Crippen LogP contribution is -2.21. The van der Waals surface area contributed by atoms with E-state index in [-0.39, 0.29) is 6.42 Å². The Kier molecular flexibility index (Phi) is 7.51. The van der Waals surface area contributed by atoms with Gasteiger partial charge in [0.2, 0.25) is 0 Å². The van der Waals surface area contributed by atoms with Crippen LogP contribution in [0.4, 0.5) is 0 Å². The summed E-state index contributed by atoms with van der Waals surface area (Å²) < 4.78 is 30.3.